The van der Waals surface area contributed by atoms with E-state index in [1.54, 1.807) is 13.2 Å². The maximum atomic E-state index is 5.70. The zero-order chi connectivity index (χ0) is 10.4. The number of nitrogens with two attached hydrogens (primary N) is 2. The summed E-state index contributed by atoms with van der Waals surface area (Å²) in [6.07, 6.45) is 1.68. The average Bonchev–Trinajstić information content (AvgIpc) is 2.15. The normalized spacial score (nSPS) is 11.1. The highest BCUT2D eigenvalue weighted by atomic mass is 15.4. The Morgan fingerprint density at radius 1 is 1.43 bits per heavy atom. The molecule has 0 unspecified atom stereocenters. The van der Waals surface area contributed by atoms with Crippen molar-refractivity contribution in [1.82, 2.24) is 5.01 Å². The molecule has 0 radical (unpaired) electrons. The lowest BCUT2D eigenvalue weighted by Crippen LogP contribution is -2.23. The predicted octanol–water partition coefficient (Wildman–Crippen LogP) is 0.704. The molecule has 0 aliphatic carbocycles. The van der Waals surface area contributed by atoms with Crippen molar-refractivity contribution < 1.29 is 0 Å². The number of nitrogens with one attached hydrogen (secondary N) is 1. The number of benzene rings is 1. The molecule has 0 aliphatic rings. The summed E-state index contributed by atoms with van der Waals surface area (Å²) in [7, 11) is 1.73. The van der Waals surface area contributed by atoms with Crippen LogP contribution in [0.4, 0.5) is 5.69 Å². The van der Waals surface area contributed by atoms with Crippen molar-refractivity contribution in [3.63, 3.8) is 0 Å². The van der Waals surface area contributed by atoms with Gasteiger partial charge in [-0.15, -0.1) is 0 Å². The van der Waals surface area contributed by atoms with Gasteiger partial charge in [0.2, 0.25) is 0 Å². The number of para-hydroxylation sites is 1. The van der Waals surface area contributed by atoms with Gasteiger partial charge in [0.05, 0.1) is 6.54 Å². The molecule has 0 aromatic heterocycles. The van der Waals surface area contributed by atoms with Crippen LogP contribution in [0.3, 0.4) is 0 Å². The van der Waals surface area contributed by atoms with Crippen molar-refractivity contribution in [3.05, 3.63) is 42.2 Å². The van der Waals surface area contributed by atoms with Gasteiger partial charge in [0, 0.05) is 24.6 Å². The van der Waals surface area contributed by atoms with Gasteiger partial charge in [-0.3, -0.25) is 0 Å². The molecule has 0 atom stereocenters. The van der Waals surface area contributed by atoms with Gasteiger partial charge in [0.25, 0.3) is 0 Å². The first-order valence-corrected chi connectivity index (χ1v) is 4.41. The topological polar surface area (TPSA) is 67.3 Å². The fourth-order valence-electron chi connectivity index (χ4n) is 1.07. The minimum Gasteiger partial charge on any atom is -0.399 e. The molecule has 0 spiro atoms. The number of hydrogen-bond donors (Lipinski definition) is 3. The summed E-state index contributed by atoms with van der Waals surface area (Å²) in [6.45, 7) is 0.589. The molecule has 0 saturated heterocycles. The molecule has 0 saturated carbocycles. The first-order valence-electron chi connectivity index (χ1n) is 4.41. The van der Waals surface area contributed by atoms with Crippen LogP contribution < -0.4 is 16.9 Å². The van der Waals surface area contributed by atoms with Crippen molar-refractivity contribution >= 4 is 5.69 Å². The van der Waals surface area contributed by atoms with Gasteiger partial charge in [-0.25, -0.2) is 5.84 Å². The number of hydrogen-bond acceptors (Lipinski definition) is 4. The van der Waals surface area contributed by atoms with E-state index in [2.05, 4.69) is 5.32 Å². The number of anilines is 1. The summed E-state index contributed by atoms with van der Waals surface area (Å²) in [5.74, 6) is 5.41. The van der Waals surface area contributed by atoms with Crippen LogP contribution >= 0.6 is 0 Å². The van der Waals surface area contributed by atoms with E-state index in [-0.39, 0.29) is 0 Å². The number of hydrazine groups is 1. The second kappa shape index (κ2) is 5.14. The smallest absolute Gasteiger partial charge is 0.0561 e. The highest BCUT2D eigenvalue weighted by Gasteiger charge is 1.92. The van der Waals surface area contributed by atoms with Gasteiger partial charge in [0.15, 0.2) is 0 Å². The summed E-state index contributed by atoms with van der Waals surface area (Å²) < 4.78 is 0. The SMILES string of the molecule is CN(N)/C=C(\N)CNc1ccccc1. The number of nitrogens with zero attached hydrogens (tertiary/aromatic N) is 1. The molecule has 0 amide bonds. The monoisotopic (exact) mass is 192 g/mol. The Hall–Kier alpha value is -1.68. The molecule has 5 N–H and O–H groups in total. The van der Waals surface area contributed by atoms with Crippen molar-refractivity contribution in [2.75, 3.05) is 18.9 Å². The van der Waals surface area contributed by atoms with Gasteiger partial charge in [-0.05, 0) is 12.1 Å². The summed E-state index contributed by atoms with van der Waals surface area (Å²) in [5, 5.41) is 4.61. The molecule has 0 heterocycles. The Kier molecular flexibility index (Phi) is 3.82. The maximum Gasteiger partial charge on any atom is 0.0561 e. The molecule has 4 heteroatoms. The minimum atomic E-state index is 0.589. The Balaban J connectivity index is 2.42. The van der Waals surface area contributed by atoms with E-state index in [9.17, 15) is 0 Å². The third-order valence-electron chi connectivity index (χ3n) is 1.64. The van der Waals surface area contributed by atoms with Gasteiger partial charge in [0.1, 0.15) is 0 Å². The first kappa shape index (κ1) is 10.4. The summed E-state index contributed by atoms with van der Waals surface area (Å²) in [5.41, 5.74) is 7.44. The highest BCUT2D eigenvalue weighted by molar-refractivity contribution is 5.43. The minimum absolute atomic E-state index is 0.589. The molecule has 4 nitrogen and oxygen atoms in total. The van der Waals surface area contributed by atoms with Crippen LogP contribution in [0.2, 0.25) is 0 Å². The van der Waals surface area contributed by atoms with E-state index in [0.717, 1.165) is 5.69 Å². The Morgan fingerprint density at radius 2 is 2.07 bits per heavy atom. The quantitative estimate of drug-likeness (QED) is 0.485. The Morgan fingerprint density at radius 3 is 2.64 bits per heavy atom. The average molecular weight is 192 g/mol. The molecular formula is C10H16N4. The zero-order valence-electron chi connectivity index (χ0n) is 8.27. The maximum absolute atomic E-state index is 5.70. The van der Waals surface area contributed by atoms with Crippen LogP contribution in [0, 0.1) is 0 Å². The largest absolute Gasteiger partial charge is 0.399 e. The fourth-order valence-corrected chi connectivity index (χ4v) is 1.07. The second-order valence-corrected chi connectivity index (χ2v) is 3.09. The van der Waals surface area contributed by atoms with Gasteiger partial charge >= 0.3 is 0 Å². The van der Waals surface area contributed by atoms with Crippen molar-refractivity contribution in [1.29, 1.82) is 0 Å². The molecular weight excluding hydrogens is 176 g/mol. The standard InChI is InChI=1S/C10H16N4/c1-14(12)8-9(11)7-13-10-5-3-2-4-6-10/h2-6,8,13H,7,11-12H2,1H3/b9-8-. The molecule has 1 rings (SSSR count). The molecule has 1 aromatic carbocycles. The molecule has 0 bridgehead atoms. The molecule has 0 fully saturated rings. The lowest BCUT2D eigenvalue weighted by Gasteiger charge is -2.09. The summed E-state index contributed by atoms with van der Waals surface area (Å²) in [4.78, 5) is 0. The van der Waals surface area contributed by atoms with Gasteiger partial charge in [-0.2, -0.15) is 0 Å². The van der Waals surface area contributed by atoms with E-state index >= 15 is 0 Å². The number of rotatable bonds is 4. The van der Waals surface area contributed by atoms with Crippen LogP contribution in [-0.4, -0.2) is 18.6 Å². The fraction of sp³-hybridized carbons (Fsp3) is 0.200. The van der Waals surface area contributed by atoms with Crippen molar-refractivity contribution in [2.24, 2.45) is 11.6 Å². The molecule has 14 heavy (non-hydrogen) atoms. The molecule has 1 aromatic rings. The third kappa shape index (κ3) is 3.82. The highest BCUT2D eigenvalue weighted by Crippen LogP contribution is 2.04. The Labute approximate surface area is 84.2 Å². The van der Waals surface area contributed by atoms with Crippen molar-refractivity contribution in [2.45, 2.75) is 0 Å². The lowest BCUT2D eigenvalue weighted by molar-refractivity contribution is 0.479. The molecule has 0 aliphatic heterocycles. The van der Waals surface area contributed by atoms with Crippen LogP contribution in [-0.2, 0) is 0 Å². The van der Waals surface area contributed by atoms with Crippen LogP contribution in [0.1, 0.15) is 0 Å². The van der Waals surface area contributed by atoms with Crippen LogP contribution in [0.25, 0.3) is 0 Å². The second-order valence-electron chi connectivity index (χ2n) is 3.09. The van der Waals surface area contributed by atoms with E-state index in [4.69, 9.17) is 11.6 Å². The van der Waals surface area contributed by atoms with Crippen molar-refractivity contribution in [3.8, 4) is 0 Å². The third-order valence-corrected chi connectivity index (χ3v) is 1.64. The first-order chi connectivity index (χ1) is 6.68. The van der Waals surface area contributed by atoms with Crippen LogP contribution in [0.5, 0.6) is 0 Å². The van der Waals surface area contributed by atoms with E-state index in [0.29, 0.717) is 12.2 Å². The lowest BCUT2D eigenvalue weighted by atomic mass is 10.3. The summed E-state index contributed by atoms with van der Waals surface area (Å²) in [6, 6.07) is 9.88. The van der Waals surface area contributed by atoms with E-state index in [1.165, 1.54) is 5.01 Å². The predicted molar refractivity (Wildman–Crippen MR) is 59.2 cm³/mol. The van der Waals surface area contributed by atoms with Gasteiger partial charge in [-0.1, -0.05) is 18.2 Å². The Bertz CT molecular complexity index is 292. The zero-order valence-corrected chi connectivity index (χ0v) is 8.27. The van der Waals surface area contributed by atoms with E-state index < -0.39 is 0 Å². The van der Waals surface area contributed by atoms with E-state index in [1.807, 2.05) is 30.3 Å². The van der Waals surface area contributed by atoms with Gasteiger partial charge < -0.3 is 16.1 Å². The molecule has 76 valence electrons. The van der Waals surface area contributed by atoms with Crippen LogP contribution in [0.15, 0.2) is 42.2 Å². The summed E-state index contributed by atoms with van der Waals surface area (Å²) >= 11 is 0.